The number of amides is 1. The van der Waals surface area contributed by atoms with Crippen LogP contribution >= 0.6 is 0 Å². The molecular weight excluding hydrogens is 334 g/mol. The third-order valence-corrected chi connectivity index (χ3v) is 4.37. The van der Waals surface area contributed by atoms with Gasteiger partial charge in [0.05, 0.1) is 7.11 Å². The first-order chi connectivity index (χ1) is 13.2. The Bertz CT molecular complexity index is 917. The van der Waals surface area contributed by atoms with Crippen LogP contribution < -0.4 is 4.74 Å². The van der Waals surface area contributed by atoms with Crippen molar-refractivity contribution in [1.29, 1.82) is 0 Å². The van der Waals surface area contributed by atoms with Gasteiger partial charge in [-0.15, -0.1) is 0 Å². The van der Waals surface area contributed by atoms with Crippen molar-refractivity contribution in [3.05, 3.63) is 102 Å². The van der Waals surface area contributed by atoms with E-state index in [1.165, 1.54) is 0 Å². The van der Waals surface area contributed by atoms with E-state index in [2.05, 4.69) is 0 Å². The number of hydrogen-bond donors (Lipinski definition) is 0. The Morgan fingerprint density at radius 1 is 0.889 bits per heavy atom. The van der Waals surface area contributed by atoms with Crippen LogP contribution in [0.2, 0.25) is 0 Å². The Hall–Kier alpha value is -3.33. The highest BCUT2D eigenvalue weighted by Gasteiger charge is 2.18. The third kappa shape index (κ3) is 4.64. The second kappa shape index (κ2) is 8.86. The fourth-order valence-electron chi connectivity index (χ4n) is 2.97. The summed E-state index contributed by atoms with van der Waals surface area (Å²) < 4.78 is 5.41. The van der Waals surface area contributed by atoms with Crippen molar-refractivity contribution < 1.29 is 9.53 Å². The van der Waals surface area contributed by atoms with Gasteiger partial charge in [-0.2, -0.15) is 0 Å². The summed E-state index contributed by atoms with van der Waals surface area (Å²) in [7, 11) is 3.46. The van der Waals surface area contributed by atoms with Crippen LogP contribution in [0.1, 0.15) is 16.7 Å². The fraction of sp³-hybridized carbons (Fsp3) is 0.125. The molecule has 0 unspecified atom stereocenters. The molecule has 0 radical (unpaired) electrons. The lowest BCUT2D eigenvalue weighted by Gasteiger charge is -2.21. The Labute approximate surface area is 160 Å². The Kier molecular flexibility index (Phi) is 6.06. The lowest BCUT2D eigenvalue weighted by molar-refractivity contribution is -0.124. The van der Waals surface area contributed by atoms with Gasteiger partial charge in [0.1, 0.15) is 5.75 Å². The van der Waals surface area contributed by atoms with Crippen LogP contribution in [-0.2, 0) is 11.3 Å². The minimum Gasteiger partial charge on any atom is -0.496 e. The van der Waals surface area contributed by atoms with Crippen LogP contribution in [0.25, 0.3) is 11.6 Å². The highest BCUT2D eigenvalue weighted by molar-refractivity contribution is 6.24. The van der Waals surface area contributed by atoms with Gasteiger partial charge in [0.2, 0.25) is 0 Å². The van der Waals surface area contributed by atoms with Crippen LogP contribution in [0.15, 0.2) is 84.9 Å². The summed E-state index contributed by atoms with van der Waals surface area (Å²) in [4.78, 5) is 15.0. The number of carbonyl (C=O) groups is 1. The van der Waals surface area contributed by atoms with Crippen molar-refractivity contribution in [3.8, 4) is 5.75 Å². The summed E-state index contributed by atoms with van der Waals surface area (Å²) in [6.07, 6.45) is 1.94. The molecule has 0 saturated heterocycles. The van der Waals surface area contributed by atoms with E-state index in [0.29, 0.717) is 12.1 Å². The van der Waals surface area contributed by atoms with Crippen LogP contribution in [0.4, 0.5) is 0 Å². The molecule has 3 heteroatoms. The van der Waals surface area contributed by atoms with E-state index in [4.69, 9.17) is 4.74 Å². The van der Waals surface area contributed by atoms with E-state index in [1.54, 1.807) is 12.0 Å². The summed E-state index contributed by atoms with van der Waals surface area (Å²) in [5, 5.41) is 0. The lowest BCUT2D eigenvalue weighted by atomic mass is 10.0. The van der Waals surface area contributed by atoms with Gasteiger partial charge in [-0.25, -0.2) is 0 Å². The lowest BCUT2D eigenvalue weighted by Crippen LogP contribution is -2.27. The molecule has 0 saturated carbocycles. The maximum Gasteiger partial charge on any atom is 0.254 e. The van der Waals surface area contributed by atoms with Gasteiger partial charge in [-0.05, 0) is 23.3 Å². The van der Waals surface area contributed by atoms with E-state index in [0.717, 1.165) is 22.4 Å². The van der Waals surface area contributed by atoms with Gasteiger partial charge >= 0.3 is 0 Å². The molecule has 0 N–H and O–H groups in total. The molecule has 0 aliphatic carbocycles. The van der Waals surface area contributed by atoms with Crippen LogP contribution in [-0.4, -0.2) is 25.0 Å². The summed E-state index contributed by atoms with van der Waals surface area (Å²) in [5.41, 5.74) is 3.54. The largest absolute Gasteiger partial charge is 0.496 e. The van der Waals surface area contributed by atoms with Crippen molar-refractivity contribution in [1.82, 2.24) is 4.90 Å². The standard InChI is InChI=1S/C24H23NO2/c1-25(18-21-15-9-10-16-23(21)27-2)24(26)22(20-13-7-4-8-14-20)17-19-11-5-3-6-12-19/h3-17H,18H2,1-2H3/b22-17+. The van der Waals surface area contributed by atoms with Gasteiger partial charge in [0.15, 0.2) is 0 Å². The molecule has 0 aliphatic rings. The molecule has 0 bridgehead atoms. The van der Waals surface area contributed by atoms with Crippen molar-refractivity contribution in [3.63, 3.8) is 0 Å². The van der Waals surface area contributed by atoms with E-state index >= 15 is 0 Å². The van der Waals surface area contributed by atoms with Gasteiger partial charge in [-0.1, -0.05) is 78.9 Å². The molecule has 3 nitrogen and oxygen atoms in total. The average molecular weight is 357 g/mol. The minimum absolute atomic E-state index is 0.0315. The van der Waals surface area contributed by atoms with Crippen LogP contribution in [0.3, 0.4) is 0 Å². The Morgan fingerprint density at radius 3 is 2.15 bits per heavy atom. The number of methoxy groups -OCH3 is 1. The number of para-hydroxylation sites is 1. The van der Waals surface area contributed by atoms with E-state index in [-0.39, 0.29) is 5.91 Å². The molecule has 0 heterocycles. The second-order valence-electron chi connectivity index (χ2n) is 6.31. The smallest absolute Gasteiger partial charge is 0.254 e. The minimum atomic E-state index is -0.0315. The SMILES string of the molecule is COc1ccccc1CN(C)C(=O)/C(=C/c1ccccc1)c1ccccc1. The first kappa shape index (κ1) is 18.5. The van der Waals surface area contributed by atoms with Crippen LogP contribution in [0.5, 0.6) is 5.75 Å². The second-order valence-corrected chi connectivity index (χ2v) is 6.31. The van der Waals surface area contributed by atoms with E-state index in [1.807, 2.05) is 98.1 Å². The topological polar surface area (TPSA) is 29.5 Å². The monoisotopic (exact) mass is 357 g/mol. The van der Waals surface area contributed by atoms with E-state index in [9.17, 15) is 4.79 Å². The van der Waals surface area contributed by atoms with Crippen LogP contribution in [0, 0.1) is 0 Å². The maximum absolute atomic E-state index is 13.3. The molecule has 0 aliphatic heterocycles. The zero-order valence-corrected chi connectivity index (χ0v) is 15.6. The normalized spacial score (nSPS) is 11.1. The predicted molar refractivity (Wildman–Crippen MR) is 110 cm³/mol. The molecule has 0 spiro atoms. The maximum atomic E-state index is 13.3. The molecule has 3 aromatic carbocycles. The summed E-state index contributed by atoms with van der Waals surface area (Å²) in [6, 6.07) is 27.4. The molecule has 136 valence electrons. The summed E-state index contributed by atoms with van der Waals surface area (Å²) in [5.74, 6) is 0.751. The predicted octanol–water partition coefficient (Wildman–Crippen LogP) is 4.89. The molecule has 3 rings (SSSR count). The highest BCUT2D eigenvalue weighted by atomic mass is 16.5. The number of nitrogens with zero attached hydrogens (tertiary/aromatic N) is 1. The van der Waals surface area contributed by atoms with Gasteiger partial charge < -0.3 is 9.64 Å². The van der Waals surface area contributed by atoms with Crippen molar-refractivity contribution in [2.45, 2.75) is 6.54 Å². The Morgan fingerprint density at radius 2 is 1.48 bits per heavy atom. The van der Waals surface area contributed by atoms with Gasteiger partial charge in [-0.3, -0.25) is 4.79 Å². The average Bonchev–Trinajstić information content (AvgIpc) is 2.73. The first-order valence-electron chi connectivity index (χ1n) is 8.88. The number of ether oxygens (including phenoxy) is 1. The molecular formula is C24H23NO2. The number of hydrogen-bond acceptors (Lipinski definition) is 2. The summed E-state index contributed by atoms with van der Waals surface area (Å²) >= 11 is 0. The molecule has 27 heavy (non-hydrogen) atoms. The summed E-state index contributed by atoms with van der Waals surface area (Å²) in [6.45, 7) is 0.474. The van der Waals surface area contributed by atoms with E-state index < -0.39 is 0 Å². The third-order valence-electron chi connectivity index (χ3n) is 4.37. The highest BCUT2D eigenvalue weighted by Crippen LogP contribution is 2.23. The van der Waals surface area contributed by atoms with Gasteiger partial charge in [0.25, 0.3) is 5.91 Å². The molecule has 0 fully saturated rings. The van der Waals surface area contributed by atoms with Crippen molar-refractivity contribution in [2.24, 2.45) is 0 Å². The van der Waals surface area contributed by atoms with Crippen molar-refractivity contribution in [2.75, 3.05) is 14.2 Å². The molecule has 3 aromatic rings. The number of likely N-dealkylation sites (N-methyl/N-ethyl adjacent to an activating group) is 1. The number of rotatable bonds is 6. The van der Waals surface area contributed by atoms with Crippen molar-refractivity contribution >= 4 is 17.6 Å². The fourth-order valence-corrected chi connectivity index (χ4v) is 2.97. The van der Waals surface area contributed by atoms with Gasteiger partial charge in [0, 0.05) is 24.7 Å². The zero-order chi connectivity index (χ0) is 19.1. The zero-order valence-electron chi connectivity index (χ0n) is 15.6. The first-order valence-corrected chi connectivity index (χ1v) is 8.88. The molecule has 1 amide bonds. The Balaban J connectivity index is 1.92. The number of carbonyl (C=O) groups excluding carboxylic acids is 1. The molecule has 0 aromatic heterocycles. The quantitative estimate of drug-likeness (QED) is 0.464. The molecule has 0 atom stereocenters. The number of benzene rings is 3.